The Hall–Kier alpha value is -0.433. The van der Waals surface area contributed by atoms with Crippen molar-refractivity contribution in [3.8, 4) is 0 Å². The minimum Gasteiger partial charge on any atom is -0.481 e. The molecule has 0 aromatic heterocycles. The van der Waals surface area contributed by atoms with Crippen molar-refractivity contribution >= 4 is 14.8 Å². The van der Waals surface area contributed by atoms with Crippen LogP contribution in [0, 0.1) is 0 Å². The molecule has 0 heterocycles. The molecule has 0 amide bonds. The van der Waals surface area contributed by atoms with Gasteiger partial charge in [0.15, 0.2) is 0 Å². The van der Waals surface area contributed by atoms with Crippen LogP contribution in [0.3, 0.4) is 0 Å². The highest BCUT2D eigenvalue weighted by Gasteiger charge is 2.36. The number of carboxylic acid groups (broad SMARTS) is 1. The molecule has 1 N–H and O–H groups in total. The molecule has 0 saturated heterocycles. The van der Waals surface area contributed by atoms with E-state index in [4.69, 9.17) is 18.4 Å². The van der Waals surface area contributed by atoms with Gasteiger partial charge in [0.2, 0.25) is 0 Å². The Bertz CT molecular complexity index is 326. The average Bonchev–Trinajstić information content (AvgIpc) is 2.67. The molecule has 0 aromatic rings. The second-order valence-corrected chi connectivity index (χ2v) is 10.6. The van der Waals surface area contributed by atoms with E-state index in [0.717, 1.165) is 25.3 Å². The zero-order valence-corrected chi connectivity index (χ0v) is 19.1. The zero-order chi connectivity index (χ0) is 20.2. The molecule has 0 rings (SSSR count). The highest BCUT2D eigenvalue weighted by Crippen LogP contribution is 2.19. The second kappa shape index (κ2) is 18.9. The standard InChI is InChI=1S/C21H44O5Si/c1-24-27(25-2,26-3)20-18-16-14-12-10-8-6-4-5-7-9-11-13-15-17-19-21(22)23/h4-20H2,1-3H3,(H,22,23). The van der Waals surface area contributed by atoms with E-state index in [9.17, 15) is 4.79 Å². The number of hydrogen-bond donors (Lipinski definition) is 1. The molecule has 0 spiro atoms. The van der Waals surface area contributed by atoms with Gasteiger partial charge >= 0.3 is 14.8 Å². The normalized spacial score (nSPS) is 11.8. The van der Waals surface area contributed by atoms with Gasteiger partial charge in [-0.1, -0.05) is 83.5 Å². The molecule has 162 valence electrons. The van der Waals surface area contributed by atoms with Gasteiger partial charge in [-0.25, -0.2) is 0 Å². The lowest BCUT2D eigenvalue weighted by Gasteiger charge is -2.24. The summed E-state index contributed by atoms with van der Waals surface area (Å²) in [6, 6.07) is 0.913. The van der Waals surface area contributed by atoms with E-state index in [1.807, 2.05) is 0 Å². The number of aliphatic carboxylic acids is 1. The van der Waals surface area contributed by atoms with Crippen molar-refractivity contribution in [1.82, 2.24) is 0 Å². The first-order valence-electron chi connectivity index (χ1n) is 11.0. The Kier molecular flexibility index (Phi) is 18.6. The van der Waals surface area contributed by atoms with Crippen molar-refractivity contribution in [1.29, 1.82) is 0 Å². The highest BCUT2D eigenvalue weighted by atomic mass is 28.4. The van der Waals surface area contributed by atoms with E-state index < -0.39 is 14.8 Å². The van der Waals surface area contributed by atoms with Gasteiger partial charge in [-0.05, 0) is 12.8 Å². The number of rotatable bonds is 21. The molecule has 0 aromatic carbocycles. The predicted octanol–water partition coefficient (Wildman–Crippen LogP) is 6.19. The van der Waals surface area contributed by atoms with Crippen LogP contribution in [0.2, 0.25) is 6.04 Å². The Labute approximate surface area is 168 Å². The molecular formula is C21H44O5Si. The fourth-order valence-corrected chi connectivity index (χ4v) is 5.27. The zero-order valence-electron chi connectivity index (χ0n) is 18.1. The van der Waals surface area contributed by atoms with Gasteiger partial charge in [-0.15, -0.1) is 0 Å². The van der Waals surface area contributed by atoms with Crippen molar-refractivity contribution in [2.75, 3.05) is 21.3 Å². The molecule has 0 unspecified atom stereocenters. The van der Waals surface area contributed by atoms with Crippen molar-refractivity contribution in [2.24, 2.45) is 0 Å². The summed E-state index contributed by atoms with van der Waals surface area (Å²) in [5, 5.41) is 8.57. The minimum atomic E-state index is -2.35. The highest BCUT2D eigenvalue weighted by molar-refractivity contribution is 6.60. The number of carbonyl (C=O) groups is 1. The largest absolute Gasteiger partial charge is 0.500 e. The number of hydrogen-bond acceptors (Lipinski definition) is 4. The quantitative estimate of drug-likeness (QED) is 0.182. The van der Waals surface area contributed by atoms with Crippen molar-refractivity contribution in [3.05, 3.63) is 0 Å². The fraction of sp³-hybridized carbons (Fsp3) is 0.952. The summed E-state index contributed by atoms with van der Waals surface area (Å²) in [5.41, 5.74) is 0. The third-order valence-electron chi connectivity index (χ3n) is 5.31. The van der Waals surface area contributed by atoms with E-state index in [1.165, 1.54) is 77.0 Å². The average molecular weight is 405 g/mol. The predicted molar refractivity (Wildman–Crippen MR) is 113 cm³/mol. The SMILES string of the molecule is CO[Si](CCCCCCCCCCCCCCCCCC(=O)O)(OC)OC. The molecule has 0 saturated carbocycles. The molecule has 0 radical (unpaired) electrons. The molecule has 0 aliphatic carbocycles. The van der Waals surface area contributed by atoms with E-state index in [2.05, 4.69) is 0 Å². The topological polar surface area (TPSA) is 65.0 Å². The summed E-state index contributed by atoms with van der Waals surface area (Å²) in [7, 11) is 2.69. The van der Waals surface area contributed by atoms with Gasteiger partial charge in [0.1, 0.15) is 0 Å². The van der Waals surface area contributed by atoms with Gasteiger partial charge in [0.05, 0.1) is 0 Å². The molecule has 0 fully saturated rings. The van der Waals surface area contributed by atoms with E-state index in [0.29, 0.717) is 6.42 Å². The molecular weight excluding hydrogens is 360 g/mol. The van der Waals surface area contributed by atoms with Crippen LogP contribution in [0.25, 0.3) is 0 Å². The summed E-state index contributed by atoms with van der Waals surface area (Å²) < 4.78 is 16.3. The molecule has 0 aliphatic heterocycles. The third kappa shape index (κ3) is 16.2. The third-order valence-corrected chi connectivity index (χ3v) is 8.14. The van der Waals surface area contributed by atoms with Crippen LogP contribution in [0.4, 0.5) is 0 Å². The molecule has 5 nitrogen and oxygen atoms in total. The lowest BCUT2D eigenvalue weighted by Crippen LogP contribution is -2.42. The molecule has 6 heteroatoms. The summed E-state index contributed by atoms with van der Waals surface area (Å²) in [4.78, 5) is 10.4. The first kappa shape index (κ1) is 26.6. The van der Waals surface area contributed by atoms with Crippen molar-refractivity contribution in [3.63, 3.8) is 0 Å². The Morgan fingerprint density at radius 3 is 1.19 bits per heavy atom. The Morgan fingerprint density at radius 1 is 0.593 bits per heavy atom. The van der Waals surface area contributed by atoms with Crippen LogP contribution in [-0.2, 0) is 18.1 Å². The van der Waals surface area contributed by atoms with E-state index in [1.54, 1.807) is 21.3 Å². The van der Waals surface area contributed by atoms with Crippen molar-refractivity contribution < 1.29 is 23.2 Å². The maximum absolute atomic E-state index is 10.4. The smallest absolute Gasteiger partial charge is 0.481 e. The minimum absolute atomic E-state index is 0.329. The molecule has 0 bridgehead atoms. The second-order valence-electron chi connectivity index (χ2n) is 7.49. The molecule has 0 atom stereocenters. The molecule has 0 aliphatic rings. The Morgan fingerprint density at radius 2 is 0.889 bits per heavy atom. The van der Waals surface area contributed by atoms with Crippen LogP contribution in [0.5, 0.6) is 0 Å². The van der Waals surface area contributed by atoms with Gasteiger partial charge < -0.3 is 18.4 Å². The van der Waals surface area contributed by atoms with Gasteiger partial charge in [0.25, 0.3) is 0 Å². The number of unbranched alkanes of at least 4 members (excludes halogenated alkanes) is 14. The molecule has 27 heavy (non-hydrogen) atoms. The lowest BCUT2D eigenvalue weighted by molar-refractivity contribution is -0.137. The lowest BCUT2D eigenvalue weighted by atomic mass is 10.0. The summed E-state index contributed by atoms with van der Waals surface area (Å²) in [6.07, 6.45) is 19.1. The van der Waals surface area contributed by atoms with Gasteiger partial charge in [0, 0.05) is 33.8 Å². The summed E-state index contributed by atoms with van der Waals surface area (Å²) in [5.74, 6) is -0.665. The monoisotopic (exact) mass is 404 g/mol. The van der Waals surface area contributed by atoms with Crippen LogP contribution in [-0.4, -0.2) is 41.2 Å². The first-order valence-corrected chi connectivity index (χ1v) is 12.9. The Balaban J connectivity index is 3.22. The van der Waals surface area contributed by atoms with Gasteiger partial charge in [-0.3, -0.25) is 4.79 Å². The van der Waals surface area contributed by atoms with Crippen LogP contribution in [0.15, 0.2) is 0 Å². The van der Waals surface area contributed by atoms with Crippen LogP contribution >= 0.6 is 0 Å². The van der Waals surface area contributed by atoms with Crippen molar-refractivity contribution in [2.45, 2.75) is 109 Å². The van der Waals surface area contributed by atoms with E-state index >= 15 is 0 Å². The first-order chi connectivity index (χ1) is 13.1. The van der Waals surface area contributed by atoms with Crippen LogP contribution < -0.4 is 0 Å². The van der Waals surface area contributed by atoms with Crippen LogP contribution in [0.1, 0.15) is 103 Å². The van der Waals surface area contributed by atoms with E-state index in [-0.39, 0.29) is 0 Å². The summed E-state index contributed by atoms with van der Waals surface area (Å²) in [6.45, 7) is 0. The maximum atomic E-state index is 10.4. The number of carboxylic acids is 1. The van der Waals surface area contributed by atoms with Gasteiger partial charge in [-0.2, -0.15) is 0 Å². The summed E-state index contributed by atoms with van der Waals surface area (Å²) >= 11 is 0. The maximum Gasteiger partial charge on any atom is 0.500 e. The fourth-order valence-electron chi connectivity index (χ4n) is 3.47.